The fraction of sp³-hybridized carbons (Fsp3) is 0.429. The first-order chi connectivity index (χ1) is 17.9. The number of aliphatic carboxylic acids is 1. The molecule has 0 saturated carbocycles. The van der Waals surface area contributed by atoms with E-state index < -0.39 is 12.1 Å². The van der Waals surface area contributed by atoms with Gasteiger partial charge in [0, 0.05) is 41.7 Å². The summed E-state index contributed by atoms with van der Waals surface area (Å²) in [6.45, 7) is 2.51. The van der Waals surface area contributed by atoms with Crippen LogP contribution in [0.25, 0.3) is 10.9 Å². The van der Waals surface area contributed by atoms with Gasteiger partial charge in [0.05, 0.1) is 28.8 Å². The first-order valence-corrected chi connectivity index (χ1v) is 14.2. The molecule has 3 aromatic rings. The zero-order valence-electron chi connectivity index (χ0n) is 20.8. The number of carboxylic acid groups (broad SMARTS) is 1. The standard InChI is InChI=1S/C28H32Cl2N2O4S/c1-36-20-6-7-24-22(16-20)21(9-11-31-24)25(33)8-5-18-10-12-32(17-19(18)15-27(34)35)13-14-37-26-4-2-3-23(29)28(26)30/h2-4,6-7,9,11,16,18-19,25,33H,5,8,10,12-15,17H2,1H3,(H,34,35)/t18-,19+,25?/m1/s1. The Labute approximate surface area is 231 Å². The summed E-state index contributed by atoms with van der Waals surface area (Å²) >= 11 is 14.1. The fourth-order valence-corrected chi connectivity index (χ4v) is 6.67. The van der Waals surface area contributed by atoms with Gasteiger partial charge in [-0.2, -0.15) is 0 Å². The Morgan fingerprint density at radius 2 is 2.08 bits per heavy atom. The second-order valence-corrected chi connectivity index (χ2v) is 11.4. The zero-order chi connectivity index (χ0) is 26.4. The van der Waals surface area contributed by atoms with Gasteiger partial charge in [-0.05, 0) is 79.6 Å². The van der Waals surface area contributed by atoms with Crippen molar-refractivity contribution in [1.29, 1.82) is 0 Å². The van der Waals surface area contributed by atoms with Crippen LogP contribution in [0.4, 0.5) is 0 Å². The molecule has 1 fully saturated rings. The molecule has 1 saturated heterocycles. The quantitative estimate of drug-likeness (QED) is 0.256. The van der Waals surface area contributed by atoms with E-state index in [1.165, 1.54) is 0 Å². The topological polar surface area (TPSA) is 82.9 Å². The second-order valence-electron chi connectivity index (χ2n) is 9.48. The van der Waals surface area contributed by atoms with E-state index in [4.69, 9.17) is 27.9 Å². The number of pyridine rings is 1. The highest BCUT2D eigenvalue weighted by atomic mass is 35.5. The molecule has 0 bridgehead atoms. The van der Waals surface area contributed by atoms with Crippen LogP contribution in [0, 0.1) is 11.8 Å². The number of likely N-dealkylation sites (tertiary alicyclic amines) is 1. The van der Waals surface area contributed by atoms with Crippen LogP contribution in [0.1, 0.15) is 37.4 Å². The predicted molar refractivity (Wildman–Crippen MR) is 150 cm³/mol. The van der Waals surface area contributed by atoms with E-state index >= 15 is 0 Å². The molecule has 2 aromatic carbocycles. The van der Waals surface area contributed by atoms with E-state index in [2.05, 4.69) is 9.88 Å². The third kappa shape index (κ3) is 7.30. The molecule has 4 rings (SSSR count). The van der Waals surface area contributed by atoms with Gasteiger partial charge in [-0.15, -0.1) is 11.8 Å². The lowest BCUT2D eigenvalue weighted by Gasteiger charge is -2.38. The highest BCUT2D eigenvalue weighted by Crippen LogP contribution is 2.36. The number of aliphatic hydroxyl groups excluding tert-OH is 1. The van der Waals surface area contributed by atoms with Crippen LogP contribution in [-0.2, 0) is 4.79 Å². The second kappa shape index (κ2) is 13.2. The van der Waals surface area contributed by atoms with Crippen molar-refractivity contribution in [2.45, 2.75) is 36.7 Å². The summed E-state index contributed by atoms with van der Waals surface area (Å²) in [6, 6.07) is 13.1. The Morgan fingerprint density at radius 3 is 2.86 bits per heavy atom. The summed E-state index contributed by atoms with van der Waals surface area (Å²) in [4.78, 5) is 19.3. The van der Waals surface area contributed by atoms with Gasteiger partial charge in [-0.1, -0.05) is 29.3 Å². The molecule has 1 aliphatic rings. The first-order valence-electron chi connectivity index (χ1n) is 12.5. The molecule has 0 aliphatic carbocycles. The van der Waals surface area contributed by atoms with E-state index in [1.54, 1.807) is 31.1 Å². The number of aliphatic hydroxyl groups is 1. The molecule has 6 nitrogen and oxygen atoms in total. The van der Waals surface area contributed by atoms with Crippen LogP contribution in [0.15, 0.2) is 53.6 Å². The SMILES string of the molecule is COc1ccc2nccc(C(O)CC[C@@H]3CCN(CCSc4cccc(Cl)c4Cl)C[C@@H]3CC(=O)O)c2c1. The maximum Gasteiger partial charge on any atom is 0.303 e. The lowest BCUT2D eigenvalue weighted by atomic mass is 9.79. The van der Waals surface area contributed by atoms with Gasteiger partial charge in [0.2, 0.25) is 0 Å². The number of methoxy groups -OCH3 is 1. The van der Waals surface area contributed by atoms with Crippen LogP contribution in [0.3, 0.4) is 0 Å². The Balaban J connectivity index is 1.35. The molecule has 0 radical (unpaired) electrons. The van der Waals surface area contributed by atoms with E-state index in [0.717, 1.165) is 65.3 Å². The van der Waals surface area contributed by atoms with Crippen molar-refractivity contribution in [1.82, 2.24) is 9.88 Å². The number of aromatic nitrogens is 1. The summed E-state index contributed by atoms with van der Waals surface area (Å²) in [5.41, 5.74) is 1.64. The number of fused-ring (bicyclic) bond motifs is 1. The monoisotopic (exact) mass is 562 g/mol. The smallest absolute Gasteiger partial charge is 0.303 e. The Morgan fingerprint density at radius 1 is 1.24 bits per heavy atom. The first kappa shape index (κ1) is 28.0. The minimum atomic E-state index is -0.773. The number of halogens is 2. The van der Waals surface area contributed by atoms with E-state index in [9.17, 15) is 15.0 Å². The number of hydrogen-bond donors (Lipinski definition) is 2. The van der Waals surface area contributed by atoms with Crippen LogP contribution >= 0.6 is 35.0 Å². The molecule has 2 N–H and O–H groups in total. The minimum absolute atomic E-state index is 0.0486. The number of carbonyl (C=O) groups is 1. The molecule has 9 heteroatoms. The summed E-state index contributed by atoms with van der Waals surface area (Å²) in [5, 5.41) is 22.6. The maximum atomic E-state index is 11.6. The lowest BCUT2D eigenvalue weighted by molar-refractivity contribution is -0.139. The molecule has 1 aliphatic heterocycles. The molecule has 0 amide bonds. The molecule has 2 heterocycles. The predicted octanol–water partition coefficient (Wildman–Crippen LogP) is 6.57. The van der Waals surface area contributed by atoms with E-state index in [0.29, 0.717) is 16.5 Å². The molecule has 198 valence electrons. The molecule has 37 heavy (non-hydrogen) atoms. The fourth-order valence-electron chi connectivity index (χ4n) is 5.17. The van der Waals surface area contributed by atoms with Crippen LogP contribution < -0.4 is 4.74 Å². The highest BCUT2D eigenvalue weighted by molar-refractivity contribution is 7.99. The molecule has 0 spiro atoms. The van der Waals surface area contributed by atoms with Crippen molar-refractivity contribution in [3.63, 3.8) is 0 Å². The van der Waals surface area contributed by atoms with Crippen molar-refractivity contribution >= 4 is 51.8 Å². The Hall–Kier alpha value is -2.03. The third-order valence-corrected chi connectivity index (χ3v) is 9.11. The van der Waals surface area contributed by atoms with Crippen molar-refractivity contribution < 1.29 is 19.7 Å². The van der Waals surface area contributed by atoms with E-state index in [-0.39, 0.29) is 18.3 Å². The van der Waals surface area contributed by atoms with Crippen LogP contribution in [-0.4, -0.2) is 58.6 Å². The minimum Gasteiger partial charge on any atom is -0.497 e. The molecule has 1 unspecified atom stereocenters. The molecular formula is C28H32Cl2N2O4S. The van der Waals surface area contributed by atoms with Gasteiger partial charge in [0.15, 0.2) is 0 Å². The number of carboxylic acids is 1. The number of nitrogens with zero attached hydrogens (tertiary/aromatic N) is 2. The summed E-state index contributed by atoms with van der Waals surface area (Å²) in [7, 11) is 1.62. The number of rotatable bonds is 11. The van der Waals surface area contributed by atoms with Gasteiger partial charge < -0.3 is 19.8 Å². The van der Waals surface area contributed by atoms with Crippen LogP contribution in [0.5, 0.6) is 5.75 Å². The molecule has 3 atom stereocenters. The lowest BCUT2D eigenvalue weighted by Crippen LogP contribution is -2.42. The summed E-state index contributed by atoms with van der Waals surface area (Å²) < 4.78 is 5.35. The number of hydrogen-bond acceptors (Lipinski definition) is 6. The highest BCUT2D eigenvalue weighted by Gasteiger charge is 2.31. The molecule has 1 aromatic heterocycles. The Bertz CT molecular complexity index is 1230. The maximum absolute atomic E-state index is 11.6. The largest absolute Gasteiger partial charge is 0.497 e. The van der Waals surface area contributed by atoms with Gasteiger partial charge in [0.1, 0.15) is 5.75 Å². The Kier molecular flexibility index (Phi) is 9.96. The normalized spacial score (nSPS) is 19.1. The van der Waals surface area contributed by atoms with E-state index in [1.807, 2.05) is 36.4 Å². The average molecular weight is 564 g/mol. The zero-order valence-corrected chi connectivity index (χ0v) is 23.1. The molecular weight excluding hydrogens is 531 g/mol. The van der Waals surface area contributed by atoms with Gasteiger partial charge in [-0.3, -0.25) is 9.78 Å². The van der Waals surface area contributed by atoms with Gasteiger partial charge in [0.25, 0.3) is 0 Å². The average Bonchev–Trinajstić information content (AvgIpc) is 2.89. The van der Waals surface area contributed by atoms with Crippen molar-refractivity contribution in [3.05, 3.63) is 64.3 Å². The van der Waals surface area contributed by atoms with Crippen molar-refractivity contribution in [2.75, 3.05) is 32.5 Å². The number of thioether (sulfide) groups is 1. The van der Waals surface area contributed by atoms with Gasteiger partial charge >= 0.3 is 5.97 Å². The third-order valence-electron chi connectivity index (χ3n) is 7.15. The number of ether oxygens (including phenoxy) is 1. The van der Waals surface area contributed by atoms with Gasteiger partial charge in [-0.25, -0.2) is 0 Å². The van der Waals surface area contributed by atoms with Crippen molar-refractivity contribution in [3.8, 4) is 5.75 Å². The summed E-state index contributed by atoms with van der Waals surface area (Å²) in [5.74, 6) is 1.09. The van der Waals surface area contributed by atoms with Crippen molar-refractivity contribution in [2.24, 2.45) is 11.8 Å². The number of benzene rings is 2. The number of piperidine rings is 1. The summed E-state index contributed by atoms with van der Waals surface area (Å²) in [6.07, 6.45) is 3.46. The van der Waals surface area contributed by atoms with Crippen LogP contribution in [0.2, 0.25) is 10.0 Å².